The zero-order valence-corrected chi connectivity index (χ0v) is 18.2. The number of hydrogen-bond donors (Lipinski definition) is 1. The Morgan fingerprint density at radius 1 is 1.29 bits per heavy atom. The van der Waals surface area contributed by atoms with E-state index in [1.807, 2.05) is 43.5 Å². The SMILES string of the molecule is Cc1ccc(-n2c(SCC(=O)NCCC(C)C)nc3ccsc3c2=O)c(C)c1. The van der Waals surface area contributed by atoms with Crippen molar-refractivity contribution in [1.29, 1.82) is 0 Å². The lowest BCUT2D eigenvalue weighted by molar-refractivity contribution is -0.118. The van der Waals surface area contributed by atoms with E-state index in [2.05, 4.69) is 24.1 Å². The van der Waals surface area contributed by atoms with E-state index >= 15 is 0 Å². The first kappa shape index (κ1) is 20.6. The van der Waals surface area contributed by atoms with Gasteiger partial charge in [0.2, 0.25) is 5.91 Å². The van der Waals surface area contributed by atoms with Gasteiger partial charge >= 0.3 is 0 Å². The van der Waals surface area contributed by atoms with Crippen LogP contribution in [0.25, 0.3) is 15.9 Å². The molecule has 7 heteroatoms. The molecule has 0 aliphatic carbocycles. The van der Waals surface area contributed by atoms with E-state index in [-0.39, 0.29) is 17.2 Å². The minimum atomic E-state index is -0.0883. The molecule has 1 amide bonds. The van der Waals surface area contributed by atoms with Crippen molar-refractivity contribution in [3.8, 4) is 5.69 Å². The summed E-state index contributed by atoms with van der Waals surface area (Å²) in [5.41, 5.74) is 3.54. The standard InChI is InChI=1S/C21H25N3O2S2/c1-13(2)7-9-22-18(25)12-28-21-23-16-8-10-27-19(16)20(26)24(21)17-6-5-14(3)11-15(17)4/h5-6,8,10-11,13H,7,9,12H2,1-4H3,(H,22,25). The first-order valence-electron chi connectivity index (χ1n) is 9.34. The average Bonchev–Trinajstić information content (AvgIpc) is 3.09. The summed E-state index contributed by atoms with van der Waals surface area (Å²) in [5.74, 6) is 0.730. The summed E-state index contributed by atoms with van der Waals surface area (Å²) in [7, 11) is 0. The number of thiophene rings is 1. The van der Waals surface area contributed by atoms with Crippen LogP contribution in [0.3, 0.4) is 0 Å². The predicted molar refractivity (Wildman–Crippen MR) is 118 cm³/mol. The summed E-state index contributed by atoms with van der Waals surface area (Å²) in [4.78, 5) is 30.0. The number of carbonyl (C=O) groups is 1. The van der Waals surface area contributed by atoms with Gasteiger partial charge in [0.1, 0.15) is 4.70 Å². The van der Waals surface area contributed by atoms with Gasteiger partial charge in [-0.2, -0.15) is 0 Å². The lowest BCUT2D eigenvalue weighted by Crippen LogP contribution is -2.28. The Kier molecular flexibility index (Phi) is 6.57. The van der Waals surface area contributed by atoms with Crippen molar-refractivity contribution in [3.63, 3.8) is 0 Å². The quantitative estimate of drug-likeness (QED) is 0.461. The number of benzene rings is 1. The number of amides is 1. The number of hydrogen-bond acceptors (Lipinski definition) is 5. The molecule has 0 aliphatic rings. The molecular formula is C21H25N3O2S2. The molecule has 0 radical (unpaired) electrons. The molecule has 2 heterocycles. The third kappa shape index (κ3) is 4.64. The van der Waals surface area contributed by atoms with E-state index in [4.69, 9.17) is 0 Å². The molecular weight excluding hydrogens is 390 g/mol. The predicted octanol–water partition coefficient (Wildman–Crippen LogP) is 4.32. The van der Waals surface area contributed by atoms with Crippen LogP contribution in [0.1, 0.15) is 31.4 Å². The van der Waals surface area contributed by atoms with Gasteiger partial charge in [-0.1, -0.05) is 43.3 Å². The van der Waals surface area contributed by atoms with E-state index in [1.54, 1.807) is 4.57 Å². The third-order valence-electron chi connectivity index (χ3n) is 4.42. The molecule has 3 rings (SSSR count). The van der Waals surface area contributed by atoms with E-state index in [0.717, 1.165) is 23.2 Å². The molecule has 1 N–H and O–H groups in total. The minimum Gasteiger partial charge on any atom is -0.355 e. The molecule has 5 nitrogen and oxygen atoms in total. The fourth-order valence-electron chi connectivity index (χ4n) is 2.94. The number of thioether (sulfide) groups is 1. The first-order valence-corrected chi connectivity index (χ1v) is 11.2. The van der Waals surface area contributed by atoms with Crippen LogP contribution < -0.4 is 10.9 Å². The van der Waals surface area contributed by atoms with Gasteiger partial charge in [-0.15, -0.1) is 11.3 Å². The summed E-state index contributed by atoms with van der Waals surface area (Å²) in [6.07, 6.45) is 0.947. The lowest BCUT2D eigenvalue weighted by Gasteiger charge is -2.14. The Hall–Kier alpha value is -2.12. The molecule has 0 bridgehead atoms. The first-order chi connectivity index (χ1) is 13.4. The maximum atomic E-state index is 13.2. The number of aromatic nitrogens is 2. The van der Waals surface area contributed by atoms with E-state index in [0.29, 0.717) is 27.8 Å². The van der Waals surface area contributed by atoms with Crippen molar-refractivity contribution < 1.29 is 4.79 Å². The topological polar surface area (TPSA) is 64.0 Å². The highest BCUT2D eigenvalue weighted by molar-refractivity contribution is 7.99. The number of nitrogens with one attached hydrogen (secondary N) is 1. The van der Waals surface area contributed by atoms with Crippen LogP contribution in [0.15, 0.2) is 39.6 Å². The molecule has 0 aliphatic heterocycles. The van der Waals surface area contributed by atoms with Crippen LogP contribution in [0.5, 0.6) is 0 Å². The second-order valence-electron chi connectivity index (χ2n) is 7.28. The number of nitrogens with zero attached hydrogens (tertiary/aromatic N) is 2. The molecule has 28 heavy (non-hydrogen) atoms. The fraction of sp³-hybridized carbons (Fsp3) is 0.381. The van der Waals surface area contributed by atoms with E-state index in [9.17, 15) is 9.59 Å². The van der Waals surface area contributed by atoms with E-state index in [1.165, 1.54) is 23.1 Å². The van der Waals surface area contributed by atoms with Gasteiger partial charge in [-0.05, 0) is 49.3 Å². The van der Waals surface area contributed by atoms with Gasteiger partial charge in [-0.3, -0.25) is 14.2 Å². The zero-order valence-electron chi connectivity index (χ0n) is 16.6. The minimum absolute atomic E-state index is 0.0440. The van der Waals surface area contributed by atoms with Crippen LogP contribution in [0.2, 0.25) is 0 Å². The molecule has 0 unspecified atom stereocenters. The van der Waals surface area contributed by atoms with Crippen LogP contribution in [0.4, 0.5) is 0 Å². The maximum Gasteiger partial charge on any atom is 0.276 e. The second-order valence-corrected chi connectivity index (χ2v) is 9.14. The monoisotopic (exact) mass is 415 g/mol. The average molecular weight is 416 g/mol. The summed E-state index contributed by atoms with van der Waals surface area (Å²) in [6.45, 7) is 8.93. The highest BCUT2D eigenvalue weighted by Gasteiger charge is 2.17. The second kappa shape index (κ2) is 8.92. The Balaban J connectivity index is 1.93. The fourth-order valence-corrected chi connectivity index (χ4v) is 4.53. The van der Waals surface area contributed by atoms with Crippen LogP contribution >= 0.6 is 23.1 Å². The molecule has 0 fully saturated rings. The molecule has 0 spiro atoms. The Bertz CT molecular complexity index is 1050. The lowest BCUT2D eigenvalue weighted by atomic mass is 10.1. The highest BCUT2D eigenvalue weighted by Crippen LogP contribution is 2.25. The number of fused-ring (bicyclic) bond motifs is 1. The van der Waals surface area contributed by atoms with Crippen LogP contribution in [0, 0.1) is 19.8 Å². The number of aryl methyl sites for hydroxylation is 2. The van der Waals surface area contributed by atoms with E-state index < -0.39 is 0 Å². The van der Waals surface area contributed by atoms with Crippen molar-refractivity contribution in [1.82, 2.24) is 14.9 Å². The van der Waals surface area contributed by atoms with Gasteiger partial charge in [0.05, 0.1) is 17.0 Å². The van der Waals surface area contributed by atoms with Crippen molar-refractivity contribution in [2.75, 3.05) is 12.3 Å². The van der Waals surface area contributed by atoms with Gasteiger partial charge in [0.15, 0.2) is 5.16 Å². The zero-order chi connectivity index (χ0) is 20.3. The number of carbonyl (C=O) groups excluding carboxylic acids is 1. The Labute approximate surface area is 173 Å². The molecule has 2 aromatic heterocycles. The maximum absolute atomic E-state index is 13.2. The van der Waals surface area contributed by atoms with Gasteiger partial charge in [-0.25, -0.2) is 4.98 Å². The third-order valence-corrected chi connectivity index (χ3v) is 6.25. The summed E-state index contributed by atoms with van der Waals surface area (Å²) >= 11 is 2.69. The smallest absolute Gasteiger partial charge is 0.276 e. The molecule has 0 saturated carbocycles. The van der Waals surface area contributed by atoms with Gasteiger partial charge in [0.25, 0.3) is 5.56 Å². The molecule has 1 aromatic carbocycles. The number of rotatable bonds is 7. The Morgan fingerprint density at radius 2 is 2.07 bits per heavy atom. The normalized spacial score (nSPS) is 11.3. The molecule has 148 valence electrons. The van der Waals surface area contributed by atoms with Gasteiger partial charge in [0, 0.05) is 6.54 Å². The largest absolute Gasteiger partial charge is 0.355 e. The van der Waals surface area contributed by atoms with Crippen molar-refractivity contribution in [2.24, 2.45) is 5.92 Å². The molecule has 3 aromatic rings. The highest BCUT2D eigenvalue weighted by atomic mass is 32.2. The van der Waals surface area contributed by atoms with Crippen molar-refractivity contribution in [2.45, 2.75) is 39.3 Å². The van der Waals surface area contributed by atoms with Crippen LogP contribution in [-0.2, 0) is 4.79 Å². The van der Waals surface area contributed by atoms with Crippen molar-refractivity contribution in [3.05, 3.63) is 51.1 Å². The summed E-state index contributed by atoms with van der Waals surface area (Å²) in [5, 5.41) is 5.35. The Morgan fingerprint density at radius 3 is 2.79 bits per heavy atom. The van der Waals surface area contributed by atoms with Gasteiger partial charge < -0.3 is 5.32 Å². The summed E-state index contributed by atoms with van der Waals surface area (Å²) in [6, 6.07) is 7.83. The molecule has 0 saturated heterocycles. The molecule has 0 atom stereocenters. The summed E-state index contributed by atoms with van der Waals surface area (Å²) < 4.78 is 2.27. The van der Waals surface area contributed by atoms with Crippen LogP contribution in [-0.4, -0.2) is 27.8 Å². The van der Waals surface area contributed by atoms with Crippen molar-refractivity contribution >= 4 is 39.2 Å².